The molecule has 0 saturated carbocycles. The summed E-state index contributed by atoms with van der Waals surface area (Å²) in [6.07, 6.45) is 0.767. The van der Waals surface area contributed by atoms with Crippen molar-refractivity contribution in [2.24, 2.45) is 0 Å². The number of ether oxygens (including phenoxy) is 1. The lowest BCUT2D eigenvalue weighted by Crippen LogP contribution is -2.25. The Balaban J connectivity index is 1.83. The Bertz CT molecular complexity index is 773. The van der Waals surface area contributed by atoms with E-state index in [-0.39, 0.29) is 18.4 Å². The Morgan fingerprint density at radius 1 is 1.04 bits per heavy atom. The number of nitrogens with one attached hydrogen (secondary N) is 3. The van der Waals surface area contributed by atoms with Crippen molar-refractivity contribution in [2.75, 3.05) is 37.4 Å². The highest BCUT2D eigenvalue weighted by Crippen LogP contribution is 2.23. The van der Waals surface area contributed by atoms with Crippen molar-refractivity contribution in [1.29, 1.82) is 0 Å². The molecular weight excluding hydrogens is 354 g/mol. The molecule has 0 aliphatic carbocycles. The lowest BCUT2D eigenvalue weighted by atomic mass is 10.0. The molecular formula is C22H29N3O3. The minimum Gasteiger partial charge on any atom is -0.385 e. The monoisotopic (exact) mass is 383 g/mol. The van der Waals surface area contributed by atoms with E-state index in [1.54, 1.807) is 31.4 Å². The van der Waals surface area contributed by atoms with Crippen molar-refractivity contribution < 1.29 is 14.3 Å². The Labute approximate surface area is 166 Å². The molecule has 0 unspecified atom stereocenters. The van der Waals surface area contributed by atoms with Crippen LogP contribution in [0.4, 0.5) is 11.4 Å². The highest BCUT2D eigenvalue weighted by atomic mass is 16.5. The van der Waals surface area contributed by atoms with Crippen LogP contribution in [-0.4, -0.2) is 38.6 Å². The number of para-hydroxylation sites is 1. The fourth-order valence-corrected chi connectivity index (χ4v) is 2.77. The van der Waals surface area contributed by atoms with E-state index < -0.39 is 0 Å². The molecule has 6 heteroatoms. The van der Waals surface area contributed by atoms with Crippen LogP contribution in [0.3, 0.4) is 0 Å². The summed E-state index contributed by atoms with van der Waals surface area (Å²) in [7, 11) is 1.63. The highest BCUT2D eigenvalue weighted by molar-refractivity contribution is 5.96. The van der Waals surface area contributed by atoms with Gasteiger partial charge in [-0.3, -0.25) is 9.59 Å². The highest BCUT2D eigenvalue weighted by Gasteiger charge is 2.09. The molecule has 28 heavy (non-hydrogen) atoms. The van der Waals surface area contributed by atoms with Gasteiger partial charge in [0.25, 0.3) is 5.91 Å². The first-order valence-electron chi connectivity index (χ1n) is 9.51. The summed E-state index contributed by atoms with van der Waals surface area (Å²) in [5, 5.41) is 8.86. The molecule has 0 bridgehead atoms. The number of benzene rings is 2. The normalized spacial score (nSPS) is 10.6. The molecule has 0 aromatic heterocycles. The van der Waals surface area contributed by atoms with Gasteiger partial charge >= 0.3 is 0 Å². The van der Waals surface area contributed by atoms with E-state index in [2.05, 4.69) is 35.9 Å². The van der Waals surface area contributed by atoms with E-state index in [1.807, 2.05) is 18.2 Å². The molecule has 0 aliphatic rings. The Morgan fingerprint density at radius 2 is 1.75 bits per heavy atom. The van der Waals surface area contributed by atoms with Crippen molar-refractivity contribution >= 4 is 23.2 Å². The van der Waals surface area contributed by atoms with E-state index in [0.717, 1.165) is 12.1 Å². The Kier molecular flexibility index (Phi) is 8.49. The molecule has 2 aromatic rings. The first-order valence-corrected chi connectivity index (χ1v) is 9.51. The van der Waals surface area contributed by atoms with Gasteiger partial charge in [0.15, 0.2) is 0 Å². The SMILES string of the molecule is COCCCNC(=O)c1ccc(NC(=O)CNc2ccccc2C(C)C)cc1. The molecule has 0 saturated heterocycles. The van der Waals surface area contributed by atoms with Crippen LogP contribution in [0.25, 0.3) is 0 Å². The third-order valence-corrected chi connectivity index (χ3v) is 4.26. The van der Waals surface area contributed by atoms with Gasteiger partial charge in [0, 0.05) is 37.2 Å². The van der Waals surface area contributed by atoms with Gasteiger partial charge in [-0.05, 0) is 48.2 Å². The van der Waals surface area contributed by atoms with Gasteiger partial charge in [-0.1, -0.05) is 32.0 Å². The molecule has 0 aliphatic heterocycles. The van der Waals surface area contributed by atoms with Crippen LogP contribution in [0, 0.1) is 0 Å². The second-order valence-corrected chi connectivity index (χ2v) is 6.82. The molecule has 2 amide bonds. The molecule has 6 nitrogen and oxygen atoms in total. The standard InChI is InChI=1S/C22H29N3O3/c1-16(2)19-7-4-5-8-20(19)24-15-21(26)25-18-11-9-17(10-12-18)22(27)23-13-6-14-28-3/h4-5,7-12,16,24H,6,13-15H2,1-3H3,(H,23,27)(H,25,26). The number of carbonyl (C=O) groups is 2. The van der Waals surface area contributed by atoms with Crippen LogP contribution in [0.15, 0.2) is 48.5 Å². The number of methoxy groups -OCH3 is 1. The van der Waals surface area contributed by atoms with Gasteiger partial charge < -0.3 is 20.7 Å². The van der Waals surface area contributed by atoms with Crippen LogP contribution < -0.4 is 16.0 Å². The van der Waals surface area contributed by atoms with Crippen molar-refractivity contribution in [3.8, 4) is 0 Å². The zero-order chi connectivity index (χ0) is 20.4. The first kappa shape index (κ1) is 21.4. The molecule has 0 atom stereocenters. The lowest BCUT2D eigenvalue weighted by molar-refractivity contribution is -0.114. The number of hydrogen-bond donors (Lipinski definition) is 3. The summed E-state index contributed by atoms with van der Waals surface area (Å²) >= 11 is 0. The van der Waals surface area contributed by atoms with Crippen LogP contribution >= 0.6 is 0 Å². The molecule has 3 N–H and O–H groups in total. The number of carbonyl (C=O) groups excluding carboxylic acids is 2. The third-order valence-electron chi connectivity index (χ3n) is 4.26. The van der Waals surface area contributed by atoms with E-state index in [0.29, 0.717) is 30.3 Å². The predicted octanol–water partition coefficient (Wildman–Crippen LogP) is 3.63. The van der Waals surface area contributed by atoms with Crippen molar-refractivity contribution in [3.05, 3.63) is 59.7 Å². The Hall–Kier alpha value is -2.86. The average molecular weight is 383 g/mol. The number of amides is 2. The van der Waals surface area contributed by atoms with Gasteiger partial charge in [0.2, 0.25) is 5.91 Å². The van der Waals surface area contributed by atoms with Gasteiger partial charge in [-0.15, -0.1) is 0 Å². The smallest absolute Gasteiger partial charge is 0.251 e. The minimum absolute atomic E-state index is 0.138. The number of rotatable bonds is 10. The maximum Gasteiger partial charge on any atom is 0.251 e. The van der Waals surface area contributed by atoms with Crippen molar-refractivity contribution in [3.63, 3.8) is 0 Å². The van der Waals surface area contributed by atoms with Crippen LogP contribution in [0.5, 0.6) is 0 Å². The zero-order valence-electron chi connectivity index (χ0n) is 16.7. The van der Waals surface area contributed by atoms with Gasteiger partial charge in [0.1, 0.15) is 0 Å². The molecule has 150 valence electrons. The van der Waals surface area contributed by atoms with Crippen LogP contribution in [0.2, 0.25) is 0 Å². The predicted molar refractivity (Wildman–Crippen MR) is 113 cm³/mol. The molecule has 0 heterocycles. The van der Waals surface area contributed by atoms with Crippen molar-refractivity contribution in [1.82, 2.24) is 5.32 Å². The second kappa shape index (κ2) is 11.1. The summed E-state index contributed by atoms with van der Waals surface area (Å²) in [5.74, 6) is 0.0937. The summed E-state index contributed by atoms with van der Waals surface area (Å²) in [6, 6.07) is 14.8. The molecule has 0 spiro atoms. The quantitative estimate of drug-likeness (QED) is 0.548. The van der Waals surface area contributed by atoms with E-state index >= 15 is 0 Å². The summed E-state index contributed by atoms with van der Waals surface area (Å²) in [4.78, 5) is 24.3. The van der Waals surface area contributed by atoms with Crippen LogP contribution in [-0.2, 0) is 9.53 Å². The fourth-order valence-electron chi connectivity index (χ4n) is 2.77. The maximum atomic E-state index is 12.2. The minimum atomic E-state index is -0.143. The largest absolute Gasteiger partial charge is 0.385 e. The van der Waals surface area contributed by atoms with E-state index in [9.17, 15) is 9.59 Å². The molecule has 0 fully saturated rings. The first-order chi connectivity index (χ1) is 13.5. The average Bonchev–Trinajstić information content (AvgIpc) is 2.70. The number of hydrogen-bond acceptors (Lipinski definition) is 4. The summed E-state index contributed by atoms with van der Waals surface area (Å²) in [6.45, 7) is 5.59. The fraction of sp³-hybridized carbons (Fsp3) is 0.364. The molecule has 2 aromatic carbocycles. The zero-order valence-corrected chi connectivity index (χ0v) is 16.7. The van der Waals surface area contributed by atoms with Crippen LogP contribution in [0.1, 0.15) is 42.1 Å². The lowest BCUT2D eigenvalue weighted by Gasteiger charge is -2.14. The molecule has 2 rings (SSSR count). The Morgan fingerprint density at radius 3 is 2.43 bits per heavy atom. The maximum absolute atomic E-state index is 12.2. The third kappa shape index (κ3) is 6.70. The van der Waals surface area contributed by atoms with Crippen molar-refractivity contribution in [2.45, 2.75) is 26.2 Å². The molecule has 0 radical (unpaired) electrons. The topological polar surface area (TPSA) is 79.5 Å². The summed E-state index contributed by atoms with van der Waals surface area (Å²) < 4.78 is 4.95. The van der Waals surface area contributed by atoms with Gasteiger partial charge in [-0.25, -0.2) is 0 Å². The number of anilines is 2. The van der Waals surface area contributed by atoms with E-state index in [1.165, 1.54) is 5.56 Å². The summed E-state index contributed by atoms with van der Waals surface area (Å²) in [5.41, 5.74) is 3.35. The van der Waals surface area contributed by atoms with Gasteiger partial charge in [0.05, 0.1) is 6.54 Å². The second-order valence-electron chi connectivity index (χ2n) is 6.82. The van der Waals surface area contributed by atoms with Gasteiger partial charge in [-0.2, -0.15) is 0 Å². The van der Waals surface area contributed by atoms with E-state index in [4.69, 9.17) is 4.74 Å².